The Balaban J connectivity index is 1.75. The van der Waals surface area contributed by atoms with Gasteiger partial charge in [-0.2, -0.15) is 10.4 Å². The second kappa shape index (κ2) is 8.06. The standard InChI is InChI=1S/C20H13ClN4O/c21-19-17(11-15-8-4-5-9-18(15)24-19)13-23-25-20(26)16(12-22)10-14-6-2-1-3-7-14/h1-11,13H,(H,25,26)/b16-10-,23-13+. The molecule has 3 aromatic rings. The number of nitriles is 1. The number of nitrogens with one attached hydrogen (secondary N) is 1. The number of hydrazone groups is 1. The number of amides is 1. The van der Waals surface area contributed by atoms with Crippen LogP contribution in [0, 0.1) is 11.3 Å². The Bertz CT molecular complexity index is 1050. The zero-order chi connectivity index (χ0) is 18.4. The molecule has 3 rings (SSSR count). The minimum absolute atomic E-state index is 0.0453. The molecule has 126 valence electrons. The van der Waals surface area contributed by atoms with Crippen molar-refractivity contribution >= 4 is 40.7 Å². The zero-order valence-electron chi connectivity index (χ0n) is 13.6. The molecule has 0 atom stereocenters. The van der Waals surface area contributed by atoms with Crippen LogP contribution in [0.2, 0.25) is 5.15 Å². The lowest BCUT2D eigenvalue weighted by Gasteiger charge is -2.02. The lowest BCUT2D eigenvalue weighted by molar-refractivity contribution is -0.117. The Kier molecular flexibility index (Phi) is 5.37. The van der Waals surface area contributed by atoms with E-state index in [-0.39, 0.29) is 10.7 Å². The van der Waals surface area contributed by atoms with Gasteiger partial charge in [0.25, 0.3) is 5.91 Å². The third-order valence-electron chi connectivity index (χ3n) is 3.55. The van der Waals surface area contributed by atoms with Crippen LogP contribution in [0.25, 0.3) is 17.0 Å². The predicted octanol–water partition coefficient (Wildman–Crippen LogP) is 3.95. The van der Waals surface area contributed by atoms with Gasteiger partial charge in [0.05, 0.1) is 11.7 Å². The highest BCUT2D eigenvalue weighted by atomic mass is 35.5. The molecule has 26 heavy (non-hydrogen) atoms. The summed E-state index contributed by atoms with van der Waals surface area (Å²) in [5, 5.41) is 14.2. The third-order valence-corrected chi connectivity index (χ3v) is 3.85. The van der Waals surface area contributed by atoms with Crippen molar-refractivity contribution in [2.24, 2.45) is 5.10 Å². The fraction of sp³-hybridized carbons (Fsp3) is 0. The van der Waals surface area contributed by atoms with Gasteiger partial charge >= 0.3 is 0 Å². The monoisotopic (exact) mass is 360 g/mol. The third kappa shape index (κ3) is 4.12. The summed E-state index contributed by atoms with van der Waals surface area (Å²) in [6, 6.07) is 20.3. The summed E-state index contributed by atoms with van der Waals surface area (Å²) < 4.78 is 0. The quantitative estimate of drug-likeness (QED) is 0.251. The molecule has 0 aliphatic heterocycles. The van der Waals surface area contributed by atoms with Crippen molar-refractivity contribution < 1.29 is 4.79 Å². The largest absolute Gasteiger partial charge is 0.282 e. The Morgan fingerprint density at radius 1 is 1.15 bits per heavy atom. The van der Waals surface area contributed by atoms with Crippen LogP contribution in [-0.2, 0) is 4.79 Å². The van der Waals surface area contributed by atoms with E-state index in [1.54, 1.807) is 12.1 Å². The van der Waals surface area contributed by atoms with Crippen LogP contribution in [0.1, 0.15) is 11.1 Å². The van der Waals surface area contributed by atoms with Gasteiger partial charge in [-0.15, -0.1) is 0 Å². The first-order chi connectivity index (χ1) is 12.7. The Morgan fingerprint density at radius 3 is 2.65 bits per heavy atom. The van der Waals surface area contributed by atoms with Gasteiger partial charge in [0.1, 0.15) is 16.8 Å². The first-order valence-corrected chi connectivity index (χ1v) is 8.11. The van der Waals surface area contributed by atoms with Crippen LogP contribution in [-0.4, -0.2) is 17.1 Å². The molecular weight excluding hydrogens is 348 g/mol. The Labute approximate surface area is 155 Å². The summed E-state index contributed by atoms with van der Waals surface area (Å²) in [7, 11) is 0. The normalized spacial score (nSPS) is 11.5. The van der Waals surface area contributed by atoms with Gasteiger partial charge in [-0.1, -0.05) is 60.1 Å². The number of benzene rings is 2. The van der Waals surface area contributed by atoms with Crippen LogP contribution in [0.5, 0.6) is 0 Å². The van der Waals surface area contributed by atoms with E-state index in [1.807, 2.05) is 54.6 Å². The highest BCUT2D eigenvalue weighted by Crippen LogP contribution is 2.18. The smallest absolute Gasteiger partial charge is 0.267 e. The summed E-state index contributed by atoms with van der Waals surface area (Å²) in [5.41, 5.74) is 4.38. The molecule has 0 bridgehead atoms. The molecule has 0 spiro atoms. The van der Waals surface area contributed by atoms with E-state index in [1.165, 1.54) is 12.3 Å². The molecular formula is C20H13ClN4O. The minimum Gasteiger partial charge on any atom is -0.267 e. The zero-order valence-corrected chi connectivity index (χ0v) is 14.3. The number of nitrogens with zero attached hydrogens (tertiary/aromatic N) is 3. The van der Waals surface area contributed by atoms with Crippen LogP contribution in [0.3, 0.4) is 0 Å². The number of hydrogen-bond acceptors (Lipinski definition) is 4. The van der Waals surface area contributed by atoms with Gasteiger partial charge in [0.2, 0.25) is 0 Å². The average molecular weight is 361 g/mol. The topological polar surface area (TPSA) is 78.1 Å². The molecule has 1 amide bonds. The van der Waals surface area contributed by atoms with Crippen molar-refractivity contribution in [1.82, 2.24) is 10.4 Å². The molecule has 1 heterocycles. The summed E-state index contributed by atoms with van der Waals surface area (Å²) in [4.78, 5) is 16.4. The molecule has 0 fully saturated rings. The molecule has 2 aromatic carbocycles. The van der Waals surface area contributed by atoms with E-state index >= 15 is 0 Å². The van der Waals surface area contributed by atoms with E-state index in [4.69, 9.17) is 11.6 Å². The molecule has 0 radical (unpaired) electrons. The summed E-state index contributed by atoms with van der Waals surface area (Å²) in [5.74, 6) is -0.600. The maximum atomic E-state index is 12.1. The Morgan fingerprint density at radius 2 is 1.88 bits per heavy atom. The number of fused-ring (bicyclic) bond motifs is 1. The van der Waals surface area contributed by atoms with Crippen molar-refractivity contribution in [3.05, 3.63) is 82.5 Å². The number of halogens is 1. The molecule has 0 unspecified atom stereocenters. The number of carbonyl (C=O) groups excluding carboxylic acids is 1. The van der Waals surface area contributed by atoms with Gasteiger partial charge in [0.15, 0.2) is 0 Å². The lowest BCUT2D eigenvalue weighted by Crippen LogP contribution is -2.19. The molecule has 1 aromatic heterocycles. The number of aromatic nitrogens is 1. The second-order valence-electron chi connectivity index (χ2n) is 5.34. The van der Waals surface area contributed by atoms with Crippen LogP contribution in [0.15, 0.2) is 71.3 Å². The number of para-hydroxylation sites is 1. The first kappa shape index (κ1) is 17.3. The van der Waals surface area contributed by atoms with Gasteiger partial charge in [-0.3, -0.25) is 4.79 Å². The van der Waals surface area contributed by atoms with E-state index < -0.39 is 5.91 Å². The van der Waals surface area contributed by atoms with E-state index in [0.29, 0.717) is 5.56 Å². The SMILES string of the molecule is N#C/C(=C/c1ccccc1)C(=O)N/N=C/c1cc2ccccc2nc1Cl. The van der Waals surface area contributed by atoms with Crippen molar-refractivity contribution in [2.75, 3.05) is 0 Å². The van der Waals surface area contributed by atoms with Gasteiger partial charge in [0, 0.05) is 10.9 Å². The molecule has 0 aliphatic rings. The summed E-state index contributed by atoms with van der Waals surface area (Å²) >= 11 is 6.14. The van der Waals surface area contributed by atoms with Crippen molar-refractivity contribution in [3.8, 4) is 6.07 Å². The fourth-order valence-electron chi connectivity index (χ4n) is 2.28. The Hall–Kier alpha value is -3.49. The van der Waals surface area contributed by atoms with Gasteiger partial charge < -0.3 is 0 Å². The van der Waals surface area contributed by atoms with Crippen LogP contribution >= 0.6 is 11.6 Å². The molecule has 0 aliphatic carbocycles. The minimum atomic E-state index is -0.600. The summed E-state index contributed by atoms with van der Waals surface area (Å²) in [6.45, 7) is 0. The highest BCUT2D eigenvalue weighted by Gasteiger charge is 2.08. The van der Waals surface area contributed by atoms with Gasteiger partial charge in [-0.05, 0) is 23.8 Å². The molecule has 0 saturated heterocycles. The van der Waals surface area contributed by atoms with Crippen molar-refractivity contribution in [3.63, 3.8) is 0 Å². The van der Waals surface area contributed by atoms with Crippen molar-refractivity contribution in [1.29, 1.82) is 5.26 Å². The average Bonchev–Trinajstić information content (AvgIpc) is 2.67. The second-order valence-corrected chi connectivity index (χ2v) is 5.70. The van der Waals surface area contributed by atoms with E-state index in [0.717, 1.165) is 16.5 Å². The van der Waals surface area contributed by atoms with Crippen LogP contribution in [0.4, 0.5) is 0 Å². The molecule has 6 heteroatoms. The first-order valence-electron chi connectivity index (χ1n) is 7.73. The maximum Gasteiger partial charge on any atom is 0.282 e. The number of hydrogen-bond donors (Lipinski definition) is 1. The van der Waals surface area contributed by atoms with Gasteiger partial charge in [-0.25, -0.2) is 10.4 Å². The predicted molar refractivity (Wildman–Crippen MR) is 103 cm³/mol. The summed E-state index contributed by atoms with van der Waals surface area (Å²) in [6.07, 6.45) is 2.90. The van der Waals surface area contributed by atoms with Crippen LogP contribution < -0.4 is 5.43 Å². The van der Waals surface area contributed by atoms with E-state index in [2.05, 4.69) is 15.5 Å². The maximum absolute atomic E-state index is 12.1. The highest BCUT2D eigenvalue weighted by molar-refractivity contribution is 6.32. The number of pyridine rings is 1. The molecule has 5 nitrogen and oxygen atoms in total. The molecule has 1 N–H and O–H groups in total. The number of rotatable bonds is 4. The lowest BCUT2D eigenvalue weighted by atomic mass is 10.1. The van der Waals surface area contributed by atoms with Crippen molar-refractivity contribution in [2.45, 2.75) is 0 Å². The fourth-order valence-corrected chi connectivity index (χ4v) is 2.48. The van der Waals surface area contributed by atoms with E-state index in [9.17, 15) is 10.1 Å². The molecule has 0 saturated carbocycles. The number of carbonyl (C=O) groups is 1.